The molecule has 2 N–H and O–H groups in total. The Morgan fingerprint density at radius 2 is 2.08 bits per heavy atom. The molecule has 5 heteroatoms. The van der Waals surface area contributed by atoms with Crippen LogP contribution < -0.4 is 4.98 Å². The van der Waals surface area contributed by atoms with Crippen molar-refractivity contribution in [1.82, 2.24) is 20.2 Å². The molecule has 0 atom stereocenters. The summed E-state index contributed by atoms with van der Waals surface area (Å²) in [6, 6.07) is 3.84. The van der Waals surface area contributed by atoms with Crippen molar-refractivity contribution in [2.24, 2.45) is 0 Å². The van der Waals surface area contributed by atoms with Crippen molar-refractivity contribution >= 4 is 22.1 Å². The molecule has 1 aromatic carbocycles. The van der Waals surface area contributed by atoms with Gasteiger partial charge in [-0.1, -0.05) is 0 Å². The maximum Gasteiger partial charge on any atom is 0.285 e. The number of H-pyrrole nitrogens is 2. The van der Waals surface area contributed by atoms with Crippen molar-refractivity contribution < 1.29 is 4.98 Å². The second-order valence-electron chi connectivity index (χ2n) is 2.74. The van der Waals surface area contributed by atoms with Gasteiger partial charge in [0.15, 0.2) is 0 Å². The van der Waals surface area contributed by atoms with Crippen molar-refractivity contribution in [1.29, 1.82) is 0 Å². The van der Waals surface area contributed by atoms with Gasteiger partial charge in [0, 0.05) is 0 Å². The van der Waals surface area contributed by atoms with Gasteiger partial charge in [-0.2, -0.15) is 5.10 Å². The van der Waals surface area contributed by atoms with E-state index in [9.17, 15) is 0 Å². The number of nitrogens with one attached hydrogen (secondary N) is 2. The van der Waals surface area contributed by atoms with Crippen molar-refractivity contribution in [3.8, 4) is 0 Å². The maximum atomic E-state index is 4.14. The monoisotopic (exact) mass is 172 g/mol. The Labute approximate surface area is 72.9 Å². The van der Waals surface area contributed by atoms with Crippen LogP contribution >= 0.6 is 0 Å². The molecule has 3 aromatic rings. The van der Waals surface area contributed by atoms with Gasteiger partial charge in [-0.05, 0) is 17.1 Å². The largest absolute Gasteiger partial charge is 0.285 e. The number of benzene rings is 1. The summed E-state index contributed by atoms with van der Waals surface area (Å²) in [7, 11) is 0. The number of nitrogens with zero attached hydrogens (tertiary/aromatic N) is 3. The summed E-state index contributed by atoms with van der Waals surface area (Å²) in [6.07, 6.45) is 3.15. The highest BCUT2D eigenvalue weighted by Gasteiger charge is 2.09. The molecule has 0 amide bonds. The van der Waals surface area contributed by atoms with Crippen LogP contribution in [0.25, 0.3) is 22.1 Å². The summed E-state index contributed by atoms with van der Waals surface area (Å²) >= 11 is 0. The summed E-state index contributed by atoms with van der Waals surface area (Å²) in [6.45, 7) is 0. The molecular weight excluding hydrogens is 166 g/mol. The van der Waals surface area contributed by atoms with Crippen LogP contribution in [0.15, 0.2) is 24.8 Å². The fraction of sp³-hybridized carbons (Fsp3) is 0. The highest BCUT2D eigenvalue weighted by Crippen LogP contribution is 2.14. The Kier molecular flexibility index (Phi) is 1.11. The minimum Gasteiger partial charge on any atom is -0.270 e. The highest BCUT2D eigenvalue weighted by molar-refractivity contribution is 5.96. The first kappa shape index (κ1) is 6.47. The predicted octanol–water partition coefficient (Wildman–Crippen LogP) is 0.320. The minimum absolute atomic E-state index is 0.881. The van der Waals surface area contributed by atoms with E-state index in [2.05, 4.69) is 25.1 Å². The molecule has 0 unspecified atom stereocenters. The zero-order valence-corrected chi connectivity index (χ0v) is 6.65. The minimum atomic E-state index is 0.881. The van der Waals surface area contributed by atoms with Gasteiger partial charge in [0.05, 0.1) is 5.52 Å². The molecule has 0 radical (unpaired) electrons. The molecule has 0 spiro atoms. The molecule has 0 bridgehead atoms. The van der Waals surface area contributed by atoms with Crippen molar-refractivity contribution in [3.05, 3.63) is 24.8 Å². The van der Waals surface area contributed by atoms with Crippen LogP contribution in [0, 0.1) is 0 Å². The second-order valence-corrected chi connectivity index (χ2v) is 2.74. The molecule has 2 aromatic heterocycles. The van der Waals surface area contributed by atoms with E-state index in [1.807, 2.05) is 12.1 Å². The Hall–Kier alpha value is -2.04. The highest BCUT2D eigenvalue weighted by atomic mass is 15.1. The van der Waals surface area contributed by atoms with Gasteiger partial charge >= 0.3 is 0 Å². The third-order valence-corrected chi connectivity index (χ3v) is 2.00. The Bertz CT molecular complexity index is 571. The second kappa shape index (κ2) is 2.22. The van der Waals surface area contributed by atoms with E-state index in [1.165, 1.54) is 6.33 Å². The van der Waals surface area contributed by atoms with E-state index in [1.54, 1.807) is 6.33 Å². The molecule has 0 aliphatic carbocycles. The van der Waals surface area contributed by atoms with Gasteiger partial charge in [-0.15, -0.1) is 0 Å². The van der Waals surface area contributed by atoms with Crippen LogP contribution in [0.4, 0.5) is 0 Å². The molecule has 3 rings (SSSR count). The first-order chi connectivity index (χ1) is 6.45. The smallest absolute Gasteiger partial charge is 0.270 e. The molecule has 2 heterocycles. The number of hydrogen-bond acceptors (Lipinski definition) is 3. The number of hydrogen-bond donors (Lipinski definition) is 1. The van der Waals surface area contributed by atoms with Gasteiger partial charge in [0.25, 0.3) is 6.33 Å². The lowest BCUT2D eigenvalue weighted by atomic mass is 10.2. The molecule has 13 heavy (non-hydrogen) atoms. The summed E-state index contributed by atoms with van der Waals surface area (Å²) in [5.41, 5.74) is 3.63. The van der Waals surface area contributed by atoms with Crippen LogP contribution in [0.5, 0.6) is 0 Å². The van der Waals surface area contributed by atoms with Gasteiger partial charge in [-0.25, -0.2) is 9.97 Å². The topological polar surface area (TPSA) is 68.6 Å². The molecular formula is C8H6N5+. The zero-order chi connectivity index (χ0) is 8.67. The molecule has 0 aliphatic heterocycles. The number of imidazole rings is 1. The van der Waals surface area contributed by atoms with Crippen LogP contribution in [0.1, 0.15) is 0 Å². The van der Waals surface area contributed by atoms with Crippen LogP contribution in [0.3, 0.4) is 0 Å². The number of aromatic amines is 2. The first-order valence-electron chi connectivity index (χ1n) is 3.89. The van der Waals surface area contributed by atoms with E-state index < -0.39 is 0 Å². The summed E-state index contributed by atoms with van der Waals surface area (Å²) < 4.78 is 0. The van der Waals surface area contributed by atoms with E-state index in [0.29, 0.717) is 0 Å². The third-order valence-electron chi connectivity index (χ3n) is 2.00. The molecule has 0 fully saturated rings. The van der Waals surface area contributed by atoms with E-state index >= 15 is 0 Å². The van der Waals surface area contributed by atoms with Crippen LogP contribution in [-0.4, -0.2) is 20.2 Å². The lowest BCUT2D eigenvalue weighted by Gasteiger charge is -1.92. The Balaban J connectivity index is 2.65. The fourth-order valence-corrected chi connectivity index (χ4v) is 1.41. The van der Waals surface area contributed by atoms with Crippen LogP contribution in [-0.2, 0) is 0 Å². The number of fused-ring (bicyclic) bond motifs is 3. The van der Waals surface area contributed by atoms with Crippen LogP contribution in [0.2, 0.25) is 0 Å². The van der Waals surface area contributed by atoms with E-state index in [4.69, 9.17) is 0 Å². The van der Waals surface area contributed by atoms with Crippen molar-refractivity contribution in [2.75, 3.05) is 0 Å². The normalized spacial score (nSPS) is 11.1. The quantitative estimate of drug-likeness (QED) is 0.531. The molecule has 0 saturated heterocycles. The maximum absolute atomic E-state index is 4.14. The summed E-state index contributed by atoms with van der Waals surface area (Å²) in [5.74, 6) is 0. The average Bonchev–Trinajstić information content (AvgIpc) is 2.65. The molecule has 0 saturated carbocycles. The zero-order valence-electron chi connectivity index (χ0n) is 6.65. The van der Waals surface area contributed by atoms with E-state index in [0.717, 1.165) is 22.1 Å². The van der Waals surface area contributed by atoms with Gasteiger partial charge in [0.2, 0.25) is 11.0 Å². The molecule has 62 valence electrons. The Morgan fingerprint density at radius 3 is 3.08 bits per heavy atom. The lowest BCUT2D eigenvalue weighted by molar-refractivity contribution is -0.343. The van der Waals surface area contributed by atoms with Gasteiger partial charge in [-0.3, -0.25) is 5.10 Å². The third kappa shape index (κ3) is 0.807. The average molecular weight is 172 g/mol. The summed E-state index contributed by atoms with van der Waals surface area (Å²) in [4.78, 5) is 11.3. The Morgan fingerprint density at radius 1 is 1.15 bits per heavy atom. The van der Waals surface area contributed by atoms with E-state index in [-0.39, 0.29) is 0 Å². The molecule has 5 nitrogen and oxygen atoms in total. The SMILES string of the molecule is c1n[nH]c2c(ccc3nc[nH+]c32)n1. The lowest BCUT2D eigenvalue weighted by Crippen LogP contribution is -1.97. The number of aromatic nitrogens is 5. The van der Waals surface area contributed by atoms with Crippen molar-refractivity contribution in [2.45, 2.75) is 0 Å². The van der Waals surface area contributed by atoms with Gasteiger partial charge < -0.3 is 0 Å². The standard InChI is InChI=1S/C8H5N5/c1-2-6-8(13-12-4-10-6)7-5(1)9-3-11-7/h1-4,13H/p+1. The van der Waals surface area contributed by atoms with Gasteiger partial charge in [0.1, 0.15) is 11.8 Å². The predicted molar refractivity (Wildman–Crippen MR) is 45.7 cm³/mol. The fourth-order valence-electron chi connectivity index (χ4n) is 1.41. The first-order valence-corrected chi connectivity index (χ1v) is 3.89. The summed E-state index contributed by atoms with van der Waals surface area (Å²) in [5, 5.41) is 6.75. The van der Waals surface area contributed by atoms with Crippen molar-refractivity contribution in [3.63, 3.8) is 0 Å². The number of rotatable bonds is 0. The molecule has 0 aliphatic rings.